The highest BCUT2D eigenvalue weighted by Gasteiger charge is 2.12. The first-order valence-electron chi connectivity index (χ1n) is 7.26. The predicted octanol–water partition coefficient (Wildman–Crippen LogP) is 3.39. The molecule has 0 spiro atoms. The van der Waals surface area contributed by atoms with Gasteiger partial charge < -0.3 is 15.4 Å². The van der Waals surface area contributed by atoms with Crippen LogP contribution in [0.25, 0.3) is 0 Å². The molecule has 0 aliphatic rings. The van der Waals surface area contributed by atoms with Crippen molar-refractivity contribution in [2.75, 3.05) is 25.0 Å². The van der Waals surface area contributed by atoms with Crippen molar-refractivity contribution in [3.8, 4) is 5.75 Å². The average Bonchev–Trinajstić information content (AvgIpc) is 2.46. The second kappa shape index (κ2) is 9.62. The molecule has 0 saturated heterocycles. The topological polar surface area (TPSA) is 79.5 Å². The molecule has 0 aliphatic carbocycles. The van der Waals surface area contributed by atoms with E-state index in [4.69, 9.17) is 16.3 Å². The molecule has 1 rings (SSSR count). The number of nitrogens with one attached hydrogen (secondary N) is 3. The van der Waals surface area contributed by atoms with Crippen molar-refractivity contribution in [3.05, 3.63) is 21.6 Å². The number of hydrogen-bond acceptors (Lipinski definition) is 4. The Morgan fingerprint density at radius 2 is 2.04 bits per heavy atom. The summed E-state index contributed by atoms with van der Waals surface area (Å²) in [4.78, 5) is 23.3. The summed E-state index contributed by atoms with van der Waals surface area (Å²) in [5.74, 6) is 0.422. The first-order valence-corrected chi connectivity index (χ1v) is 8.44. The molecule has 0 aliphatic heterocycles. The number of urea groups is 1. The largest absolute Gasteiger partial charge is 0.491 e. The van der Waals surface area contributed by atoms with Crippen LogP contribution in [0, 0.1) is 5.92 Å². The monoisotopic (exact) mass is 405 g/mol. The second-order valence-electron chi connectivity index (χ2n) is 5.20. The number of hydrogen-bond donors (Lipinski definition) is 3. The Morgan fingerprint density at radius 3 is 2.65 bits per heavy atom. The van der Waals surface area contributed by atoms with Crippen LogP contribution in [0.15, 0.2) is 16.6 Å². The van der Waals surface area contributed by atoms with Gasteiger partial charge in [0.15, 0.2) is 5.75 Å². The van der Waals surface area contributed by atoms with Crippen molar-refractivity contribution in [3.63, 3.8) is 0 Å². The van der Waals surface area contributed by atoms with Crippen molar-refractivity contribution in [1.29, 1.82) is 0 Å². The van der Waals surface area contributed by atoms with Gasteiger partial charge in [-0.25, -0.2) is 4.79 Å². The molecular formula is C15H21BrClN3O3. The van der Waals surface area contributed by atoms with E-state index in [9.17, 15) is 9.59 Å². The molecule has 0 aromatic heterocycles. The lowest BCUT2D eigenvalue weighted by molar-refractivity contribution is -0.118. The van der Waals surface area contributed by atoms with E-state index < -0.39 is 11.9 Å². The SMILES string of the molecule is CCOc1c(Br)cc(Cl)cc1NCC(=O)NC(=O)NCC(C)C. The molecule has 0 radical (unpaired) electrons. The number of ether oxygens (including phenoxy) is 1. The van der Waals surface area contributed by atoms with E-state index in [1.54, 1.807) is 12.1 Å². The Labute approximate surface area is 149 Å². The van der Waals surface area contributed by atoms with Crippen molar-refractivity contribution >= 4 is 45.2 Å². The summed E-state index contributed by atoms with van der Waals surface area (Å²) in [6, 6.07) is 2.85. The third kappa shape index (κ3) is 7.09. The van der Waals surface area contributed by atoms with E-state index in [1.807, 2.05) is 20.8 Å². The maximum Gasteiger partial charge on any atom is 0.321 e. The number of benzene rings is 1. The molecule has 1 aromatic carbocycles. The summed E-state index contributed by atoms with van der Waals surface area (Å²) in [6.07, 6.45) is 0. The molecule has 8 heteroatoms. The van der Waals surface area contributed by atoms with Gasteiger partial charge in [0.05, 0.1) is 23.3 Å². The fraction of sp³-hybridized carbons (Fsp3) is 0.467. The molecule has 23 heavy (non-hydrogen) atoms. The average molecular weight is 407 g/mol. The molecule has 0 atom stereocenters. The van der Waals surface area contributed by atoms with Crippen LogP contribution in [0.1, 0.15) is 20.8 Å². The van der Waals surface area contributed by atoms with Gasteiger partial charge >= 0.3 is 6.03 Å². The molecule has 0 saturated carbocycles. The van der Waals surface area contributed by atoms with Crippen LogP contribution < -0.4 is 20.7 Å². The van der Waals surface area contributed by atoms with Gasteiger partial charge in [0.2, 0.25) is 5.91 Å². The molecule has 128 valence electrons. The summed E-state index contributed by atoms with van der Waals surface area (Å²) in [7, 11) is 0. The van der Waals surface area contributed by atoms with E-state index in [1.165, 1.54) is 0 Å². The van der Waals surface area contributed by atoms with Crippen LogP contribution in [0.4, 0.5) is 10.5 Å². The highest BCUT2D eigenvalue weighted by atomic mass is 79.9. The first-order chi connectivity index (χ1) is 10.8. The van der Waals surface area contributed by atoms with Gasteiger partial charge in [0, 0.05) is 11.6 Å². The van der Waals surface area contributed by atoms with Crippen molar-refractivity contribution in [2.45, 2.75) is 20.8 Å². The van der Waals surface area contributed by atoms with Gasteiger partial charge in [-0.05, 0) is 40.9 Å². The number of carbonyl (C=O) groups is 2. The van der Waals surface area contributed by atoms with Crippen molar-refractivity contribution < 1.29 is 14.3 Å². The summed E-state index contributed by atoms with van der Waals surface area (Å²) in [6.45, 7) is 6.69. The van der Waals surface area contributed by atoms with Crippen molar-refractivity contribution in [1.82, 2.24) is 10.6 Å². The molecule has 6 nitrogen and oxygen atoms in total. The van der Waals surface area contributed by atoms with Crippen LogP contribution >= 0.6 is 27.5 Å². The maximum absolute atomic E-state index is 11.8. The van der Waals surface area contributed by atoms with E-state index in [2.05, 4.69) is 31.9 Å². The summed E-state index contributed by atoms with van der Waals surface area (Å²) in [5, 5.41) is 8.27. The van der Waals surface area contributed by atoms with E-state index in [0.29, 0.717) is 40.0 Å². The zero-order chi connectivity index (χ0) is 17.4. The zero-order valence-corrected chi connectivity index (χ0v) is 15.7. The zero-order valence-electron chi connectivity index (χ0n) is 13.3. The number of anilines is 1. The van der Waals surface area contributed by atoms with Crippen LogP contribution in [0.3, 0.4) is 0 Å². The molecule has 0 fully saturated rings. The number of carbonyl (C=O) groups excluding carboxylic acids is 2. The summed E-state index contributed by atoms with van der Waals surface area (Å²) in [5.41, 5.74) is 0.573. The Kier molecular flexibility index (Phi) is 8.19. The lowest BCUT2D eigenvalue weighted by atomic mass is 10.2. The van der Waals surface area contributed by atoms with E-state index in [0.717, 1.165) is 0 Å². The smallest absolute Gasteiger partial charge is 0.321 e. The molecule has 0 unspecified atom stereocenters. The number of imide groups is 1. The number of halogens is 2. The van der Waals surface area contributed by atoms with Gasteiger partial charge in [0.1, 0.15) is 0 Å². The Hall–Kier alpha value is -1.47. The van der Waals surface area contributed by atoms with Gasteiger partial charge in [-0.2, -0.15) is 0 Å². The van der Waals surface area contributed by atoms with E-state index in [-0.39, 0.29) is 6.54 Å². The highest BCUT2D eigenvalue weighted by Crippen LogP contribution is 2.36. The van der Waals surface area contributed by atoms with Crippen molar-refractivity contribution in [2.24, 2.45) is 5.92 Å². The highest BCUT2D eigenvalue weighted by molar-refractivity contribution is 9.10. The number of rotatable bonds is 7. The third-order valence-electron chi connectivity index (χ3n) is 2.66. The van der Waals surface area contributed by atoms with Gasteiger partial charge in [0.25, 0.3) is 0 Å². The van der Waals surface area contributed by atoms with Crippen LogP contribution in [-0.2, 0) is 4.79 Å². The minimum atomic E-state index is -0.511. The standard InChI is InChI=1S/C15H21BrClN3O3/c1-4-23-14-11(16)5-10(17)6-12(14)18-8-13(21)20-15(22)19-7-9(2)3/h5-6,9,18H,4,7-8H2,1-3H3,(H2,19,20,21,22). The number of amides is 3. The molecule has 1 aromatic rings. The molecular weight excluding hydrogens is 386 g/mol. The minimum absolute atomic E-state index is 0.0814. The normalized spacial score (nSPS) is 10.3. The first kappa shape index (κ1) is 19.6. The maximum atomic E-state index is 11.8. The lowest BCUT2D eigenvalue weighted by Gasteiger charge is -2.14. The summed E-state index contributed by atoms with van der Waals surface area (Å²) < 4.78 is 6.21. The van der Waals surface area contributed by atoms with Gasteiger partial charge in [-0.15, -0.1) is 0 Å². The second-order valence-corrected chi connectivity index (χ2v) is 6.49. The van der Waals surface area contributed by atoms with Crippen LogP contribution in [0.5, 0.6) is 5.75 Å². The van der Waals surface area contributed by atoms with Gasteiger partial charge in [-0.1, -0.05) is 25.4 Å². The fourth-order valence-electron chi connectivity index (χ4n) is 1.67. The minimum Gasteiger partial charge on any atom is -0.491 e. The molecule has 0 heterocycles. The van der Waals surface area contributed by atoms with Crippen LogP contribution in [-0.4, -0.2) is 31.6 Å². The van der Waals surface area contributed by atoms with E-state index >= 15 is 0 Å². The predicted molar refractivity (Wildman–Crippen MR) is 95.2 cm³/mol. The molecule has 0 bridgehead atoms. The van der Waals surface area contributed by atoms with Crippen LogP contribution in [0.2, 0.25) is 5.02 Å². The Bertz CT molecular complexity index is 567. The Morgan fingerprint density at radius 1 is 1.35 bits per heavy atom. The Balaban J connectivity index is 2.60. The van der Waals surface area contributed by atoms with Gasteiger partial charge in [-0.3, -0.25) is 10.1 Å². The molecule has 3 N–H and O–H groups in total. The lowest BCUT2D eigenvalue weighted by Crippen LogP contribution is -2.43. The fourth-order valence-corrected chi connectivity index (χ4v) is 2.59. The quantitative estimate of drug-likeness (QED) is 0.648. The molecule has 3 amide bonds. The third-order valence-corrected chi connectivity index (χ3v) is 3.47. The summed E-state index contributed by atoms with van der Waals surface area (Å²) >= 11 is 9.37.